The molecule has 0 aliphatic carbocycles. The van der Waals surface area contributed by atoms with Gasteiger partial charge in [0.25, 0.3) is 0 Å². The zero-order chi connectivity index (χ0) is 16.1. The van der Waals surface area contributed by atoms with Crippen LogP contribution in [-0.4, -0.2) is 10.9 Å². The fraction of sp³-hybridized carbons (Fsp3) is 0.0588. The van der Waals surface area contributed by atoms with Crippen LogP contribution in [0.1, 0.15) is 5.69 Å². The summed E-state index contributed by atoms with van der Waals surface area (Å²) in [6.45, 7) is 0. The highest BCUT2D eigenvalue weighted by Crippen LogP contribution is 2.21. The molecule has 0 unspecified atom stereocenters. The first kappa shape index (κ1) is 15.7. The maximum atomic E-state index is 12.1. The van der Waals surface area contributed by atoms with Gasteiger partial charge in [0.2, 0.25) is 5.91 Å². The van der Waals surface area contributed by atoms with Gasteiger partial charge in [-0.15, -0.1) is 11.3 Å². The SMILES string of the molecule is O=C(Cc1csc(Nc2ccccc2)n1)Nc1ccc(Br)cc1. The molecule has 0 fully saturated rings. The standard InChI is InChI=1S/C17H14BrN3OS/c18-12-6-8-14(9-7-12)19-16(22)10-15-11-23-17(21-15)20-13-4-2-1-3-5-13/h1-9,11H,10H2,(H,19,22)(H,20,21). The lowest BCUT2D eigenvalue weighted by atomic mass is 10.3. The molecular weight excluding hydrogens is 374 g/mol. The molecule has 0 aliphatic rings. The molecule has 0 atom stereocenters. The van der Waals surface area contributed by atoms with E-state index in [2.05, 4.69) is 31.5 Å². The lowest BCUT2D eigenvalue weighted by molar-refractivity contribution is -0.115. The molecular formula is C17H14BrN3OS. The monoisotopic (exact) mass is 387 g/mol. The summed E-state index contributed by atoms with van der Waals surface area (Å²) in [4.78, 5) is 16.5. The third-order valence-corrected chi connectivity index (χ3v) is 4.38. The van der Waals surface area contributed by atoms with Gasteiger partial charge in [-0.3, -0.25) is 4.79 Å². The van der Waals surface area contributed by atoms with E-state index >= 15 is 0 Å². The highest BCUT2D eigenvalue weighted by atomic mass is 79.9. The molecule has 0 saturated carbocycles. The molecule has 0 spiro atoms. The first-order valence-electron chi connectivity index (χ1n) is 7.01. The molecule has 1 amide bonds. The van der Waals surface area contributed by atoms with Crippen LogP contribution in [0.25, 0.3) is 0 Å². The summed E-state index contributed by atoms with van der Waals surface area (Å²) in [5, 5.41) is 8.76. The van der Waals surface area contributed by atoms with E-state index in [-0.39, 0.29) is 12.3 Å². The Bertz CT molecular complexity index is 787. The Hall–Kier alpha value is -2.18. The highest BCUT2D eigenvalue weighted by molar-refractivity contribution is 9.10. The molecule has 3 aromatic rings. The quantitative estimate of drug-likeness (QED) is 0.658. The van der Waals surface area contributed by atoms with Gasteiger partial charge in [0.15, 0.2) is 5.13 Å². The van der Waals surface area contributed by atoms with E-state index < -0.39 is 0 Å². The Kier molecular flexibility index (Phi) is 5.05. The number of nitrogens with zero attached hydrogens (tertiary/aromatic N) is 1. The average Bonchev–Trinajstić information content (AvgIpc) is 2.97. The van der Waals surface area contributed by atoms with E-state index in [0.29, 0.717) is 0 Å². The Morgan fingerprint density at radius 2 is 1.78 bits per heavy atom. The minimum absolute atomic E-state index is 0.0797. The summed E-state index contributed by atoms with van der Waals surface area (Å²) in [5.41, 5.74) is 2.51. The van der Waals surface area contributed by atoms with Crippen LogP contribution in [0.15, 0.2) is 64.5 Å². The summed E-state index contributed by atoms with van der Waals surface area (Å²) in [7, 11) is 0. The van der Waals surface area contributed by atoms with Gasteiger partial charge in [0.1, 0.15) is 0 Å². The minimum Gasteiger partial charge on any atom is -0.332 e. The maximum absolute atomic E-state index is 12.1. The predicted octanol–water partition coefficient (Wildman–Crippen LogP) is 4.83. The van der Waals surface area contributed by atoms with E-state index in [1.807, 2.05) is 60.0 Å². The van der Waals surface area contributed by atoms with Crippen molar-refractivity contribution in [1.82, 2.24) is 4.98 Å². The number of thiazole rings is 1. The number of amides is 1. The summed E-state index contributed by atoms with van der Waals surface area (Å²) >= 11 is 4.85. The van der Waals surface area contributed by atoms with Gasteiger partial charge in [0, 0.05) is 21.2 Å². The van der Waals surface area contributed by atoms with Crippen LogP contribution in [-0.2, 0) is 11.2 Å². The molecule has 23 heavy (non-hydrogen) atoms. The number of benzene rings is 2. The van der Waals surface area contributed by atoms with Gasteiger partial charge in [0.05, 0.1) is 12.1 Å². The molecule has 116 valence electrons. The van der Waals surface area contributed by atoms with Gasteiger partial charge in [-0.05, 0) is 36.4 Å². The number of anilines is 3. The zero-order valence-electron chi connectivity index (χ0n) is 12.1. The van der Waals surface area contributed by atoms with Crippen LogP contribution in [0.4, 0.5) is 16.5 Å². The van der Waals surface area contributed by atoms with Crippen molar-refractivity contribution < 1.29 is 4.79 Å². The number of rotatable bonds is 5. The first-order valence-corrected chi connectivity index (χ1v) is 8.68. The topological polar surface area (TPSA) is 54.0 Å². The smallest absolute Gasteiger partial charge is 0.230 e. The summed E-state index contributed by atoms with van der Waals surface area (Å²) in [6, 6.07) is 17.3. The van der Waals surface area contributed by atoms with E-state index in [4.69, 9.17) is 0 Å². The molecule has 0 saturated heterocycles. The van der Waals surface area contributed by atoms with Gasteiger partial charge >= 0.3 is 0 Å². The van der Waals surface area contributed by atoms with Crippen molar-refractivity contribution in [2.24, 2.45) is 0 Å². The fourth-order valence-electron chi connectivity index (χ4n) is 1.99. The van der Waals surface area contributed by atoms with Crippen molar-refractivity contribution in [2.75, 3.05) is 10.6 Å². The van der Waals surface area contributed by atoms with E-state index in [1.165, 1.54) is 11.3 Å². The van der Waals surface area contributed by atoms with Crippen LogP contribution in [0, 0.1) is 0 Å². The number of hydrogen-bond acceptors (Lipinski definition) is 4. The minimum atomic E-state index is -0.0797. The number of halogens is 1. The molecule has 0 aliphatic heterocycles. The van der Waals surface area contributed by atoms with Crippen LogP contribution in [0.5, 0.6) is 0 Å². The van der Waals surface area contributed by atoms with Gasteiger partial charge in [-0.1, -0.05) is 34.1 Å². The molecule has 0 bridgehead atoms. The second-order valence-corrected chi connectivity index (χ2v) is 6.64. The molecule has 3 rings (SSSR count). The third kappa shape index (κ3) is 4.64. The van der Waals surface area contributed by atoms with E-state index in [9.17, 15) is 4.79 Å². The van der Waals surface area contributed by atoms with Crippen molar-refractivity contribution in [1.29, 1.82) is 0 Å². The summed E-state index contributed by atoms with van der Waals surface area (Å²) in [5.74, 6) is -0.0797. The molecule has 4 nitrogen and oxygen atoms in total. The Morgan fingerprint density at radius 1 is 1.04 bits per heavy atom. The second-order valence-electron chi connectivity index (χ2n) is 4.87. The second kappa shape index (κ2) is 7.39. The number of carbonyl (C=O) groups excluding carboxylic acids is 1. The van der Waals surface area contributed by atoms with E-state index in [0.717, 1.165) is 26.7 Å². The maximum Gasteiger partial charge on any atom is 0.230 e. The van der Waals surface area contributed by atoms with Gasteiger partial charge < -0.3 is 10.6 Å². The van der Waals surface area contributed by atoms with Crippen molar-refractivity contribution in [3.05, 3.63) is 70.1 Å². The Balaban J connectivity index is 1.58. The number of carbonyl (C=O) groups is 1. The lowest BCUT2D eigenvalue weighted by Crippen LogP contribution is -2.14. The molecule has 2 aromatic carbocycles. The third-order valence-electron chi connectivity index (χ3n) is 3.05. The van der Waals surface area contributed by atoms with Crippen molar-refractivity contribution in [2.45, 2.75) is 6.42 Å². The molecule has 2 N–H and O–H groups in total. The average molecular weight is 388 g/mol. The number of para-hydroxylation sites is 1. The van der Waals surface area contributed by atoms with Crippen molar-refractivity contribution >= 4 is 49.7 Å². The first-order chi connectivity index (χ1) is 11.2. The zero-order valence-corrected chi connectivity index (χ0v) is 14.5. The summed E-state index contributed by atoms with van der Waals surface area (Å²) in [6.07, 6.45) is 0.253. The molecule has 6 heteroatoms. The molecule has 1 aromatic heterocycles. The van der Waals surface area contributed by atoms with Crippen molar-refractivity contribution in [3.63, 3.8) is 0 Å². The van der Waals surface area contributed by atoms with Gasteiger partial charge in [-0.2, -0.15) is 0 Å². The van der Waals surface area contributed by atoms with E-state index in [1.54, 1.807) is 0 Å². The van der Waals surface area contributed by atoms with Crippen LogP contribution >= 0.6 is 27.3 Å². The molecule has 1 heterocycles. The summed E-state index contributed by atoms with van der Waals surface area (Å²) < 4.78 is 0.978. The van der Waals surface area contributed by atoms with Crippen LogP contribution in [0.2, 0.25) is 0 Å². The highest BCUT2D eigenvalue weighted by Gasteiger charge is 2.08. The number of aromatic nitrogens is 1. The fourth-order valence-corrected chi connectivity index (χ4v) is 2.99. The normalized spacial score (nSPS) is 10.3. The number of nitrogens with one attached hydrogen (secondary N) is 2. The lowest BCUT2D eigenvalue weighted by Gasteiger charge is -2.04. The van der Waals surface area contributed by atoms with Crippen LogP contribution in [0.3, 0.4) is 0 Å². The molecule has 0 radical (unpaired) electrons. The number of hydrogen-bond donors (Lipinski definition) is 2. The Morgan fingerprint density at radius 3 is 2.52 bits per heavy atom. The van der Waals surface area contributed by atoms with Gasteiger partial charge in [-0.25, -0.2) is 4.98 Å². The predicted molar refractivity (Wildman–Crippen MR) is 98.3 cm³/mol. The van der Waals surface area contributed by atoms with Crippen molar-refractivity contribution in [3.8, 4) is 0 Å². The Labute approximate surface area is 146 Å². The van der Waals surface area contributed by atoms with Crippen LogP contribution < -0.4 is 10.6 Å². The largest absolute Gasteiger partial charge is 0.332 e.